The zero-order valence-corrected chi connectivity index (χ0v) is 7.31. The lowest BCUT2D eigenvalue weighted by Gasteiger charge is -1.95. The van der Waals surface area contributed by atoms with Gasteiger partial charge in [-0.05, 0) is 0 Å². The summed E-state index contributed by atoms with van der Waals surface area (Å²) in [6.45, 7) is -0.586. The number of hydrogen-bond acceptors (Lipinski definition) is 4. The van der Waals surface area contributed by atoms with Crippen LogP contribution in [0.4, 0.5) is 4.39 Å². The number of halogens is 1. The average Bonchev–Trinajstić information content (AvgIpc) is 2.43. The minimum atomic E-state index is -1.22. The second kappa shape index (κ2) is 3.19. The highest BCUT2D eigenvalue weighted by molar-refractivity contribution is 5.72. The van der Waals surface area contributed by atoms with Gasteiger partial charge in [0.2, 0.25) is 5.71 Å². The number of pyridine rings is 1. The molecule has 0 aliphatic rings. The lowest BCUT2D eigenvalue weighted by Crippen LogP contribution is -2.19. The Morgan fingerprint density at radius 3 is 3.07 bits per heavy atom. The van der Waals surface area contributed by atoms with Gasteiger partial charge in [0.05, 0.1) is 6.20 Å². The van der Waals surface area contributed by atoms with Gasteiger partial charge >= 0.3 is 11.7 Å². The summed E-state index contributed by atoms with van der Waals surface area (Å²) < 4.78 is 18.2. The standard InChI is InChI=1S/C8H5FN2O4/c9-4-1-5-7(10-2-4)15-8(14)11(5)3-6(12)13/h1-2H,3H2,(H,12,13). The molecular weight excluding hydrogens is 207 g/mol. The number of oxazole rings is 1. The summed E-state index contributed by atoms with van der Waals surface area (Å²) in [6, 6.07) is 0.996. The van der Waals surface area contributed by atoms with Gasteiger partial charge in [-0.2, -0.15) is 0 Å². The van der Waals surface area contributed by atoms with Crippen molar-refractivity contribution in [1.29, 1.82) is 0 Å². The van der Waals surface area contributed by atoms with Gasteiger partial charge in [-0.3, -0.25) is 9.36 Å². The van der Waals surface area contributed by atoms with Gasteiger partial charge in [0, 0.05) is 6.07 Å². The smallest absolute Gasteiger partial charge is 0.421 e. The van der Waals surface area contributed by atoms with Gasteiger partial charge in [0.25, 0.3) is 0 Å². The van der Waals surface area contributed by atoms with E-state index in [1.54, 1.807) is 0 Å². The van der Waals surface area contributed by atoms with Crippen molar-refractivity contribution in [3.8, 4) is 0 Å². The first-order chi connectivity index (χ1) is 7.08. The van der Waals surface area contributed by atoms with Crippen LogP contribution in [0.2, 0.25) is 0 Å². The van der Waals surface area contributed by atoms with Gasteiger partial charge in [0.15, 0.2) is 0 Å². The predicted molar refractivity (Wildman–Crippen MR) is 45.9 cm³/mol. The number of nitrogens with zero attached hydrogens (tertiary/aromatic N) is 2. The Kier molecular flexibility index (Phi) is 2.00. The van der Waals surface area contributed by atoms with E-state index in [1.165, 1.54) is 0 Å². The molecule has 0 radical (unpaired) electrons. The Bertz CT molecular complexity index is 586. The fourth-order valence-corrected chi connectivity index (χ4v) is 1.21. The molecule has 0 spiro atoms. The summed E-state index contributed by atoms with van der Waals surface area (Å²) in [5.74, 6) is -2.75. The molecule has 2 aromatic heterocycles. The maximum absolute atomic E-state index is 12.8. The van der Waals surface area contributed by atoms with Gasteiger partial charge in [-0.25, -0.2) is 14.2 Å². The fourth-order valence-electron chi connectivity index (χ4n) is 1.21. The Morgan fingerprint density at radius 2 is 2.40 bits per heavy atom. The minimum absolute atomic E-state index is 0.0300. The van der Waals surface area contributed by atoms with Gasteiger partial charge < -0.3 is 9.52 Å². The maximum Gasteiger partial charge on any atom is 0.421 e. The molecule has 2 aromatic rings. The molecule has 0 amide bonds. The molecule has 1 N–H and O–H groups in total. The molecule has 0 aliphatic heterocycles. The third-order valence-electron chi connectivity index (χ3n) is 1.79. The van der Waals surface area contributed by atoms with E-state index >= 15 is 0 Å². The summed E-state index contributed by atoms with van der Waals surface area (Å²) >= 11 is 0. The first-order valence-corrected chi connectivity index (χ1v) is 3.94. The Labute approximate surface area is 81.6 Å². The van der Waals surface area contributed by atoms with Gasteiger partial charge in [0.1, 0.15) is 17.9 Å². The molecule has 0 fully saturated rings. The largest absolute Gasteiger partial charge is 0.480 e. The monoisotopic (exact) mass is 212 g/mol. The number of fused-ring (bicyclic) bond motifs is 1. The first kappa shape index (κ1) is 9.38. The van der Waals surface area contributed by atoms with Crippen LogP contribution in [0, 0.1) is 5.82 Å². The Morgan fingerprint density at radius 1 is 1.67 bits per heavy atom. The van der Waals surface area contributed by atoms with Crippen molar-refractivity contribution in [3.05, 3.63) is 28.6 Å². The van der Waals surface area contributed by atoms with Crippen LogP contribution >= 0.6 is 0 Å². The van der Waals surface area contributed by atoms with Crippen molar-refractivity contribution in [2.24, 2.45) is 0 Å². The van der Waals surface area contributed by atoms with Crippen LogP contribution in [-0.2, 0) is 11.3 Å². The summed E-state index contributed by atoms with van der Waals surface area (Å²) in [6.07, 6.45) is 0.885. The second-order valence-electron chi connectivity index (χ2n) is 2.83. The van der Waals surface area contributed by atoms with Crippen LogP contribution in [0.3, 0.4) is 0 Å². The molecule has 0 saturated heterocycles. The zero-order chi connectivity index (χ0) is 11.0. The highest BCUT2D eigenvalue weighted by Crippen LogP contribution is 2.10. The fraction of sp³-hybridized carbons (Fsp3) is 0.125. The lowest BCUT2D eigenvalue weighted by molar-refractivity contribution is -0.137. The molecule has 0 bridgehead atoms. The van der Waals surface area contributed by atoms with Crippen LogP contribution in [0.5, 0.6) is 0 Å². The molecule has 15 heavy (non-hydrogen) atoms. The van der Waals surface area contributed by atoms with Crippen molar-refractivity contribution in [1.82, 2.24) is 9.55 Å². The van der Waals surface area contributed by atoms with Crippen molar-refractivity contribution in [3.63, 3.8) is 0 Å². The number of aliphatic carboxylic acids is 1. The van der Waals surface area contributed by atoms with Gasteiger partial charge in [-0.1, -0.05) is 0 Å². The van der Waals surface area contributed by atoms with Crippen molar-refractivity contribution >= 4 is 17.2 Å². The summed E-state index contributed by atoms with van der Waals surface area (Å²) in [7, 11) is 0. The van der Waals surface area contributed by atoms with Crippen LogP contribution in [0.25, 0.3) is 11.2 Å². The highest BCUT2D eigenvalue weighted by Gasteiger charge is 2.13. The van der Waals surface area contributed by atoms with E-state index in [2.05, 4.69) is 9.40 Å². The number of carbonyl (C=O) groups is 1. The van der Waals surface area contributed by atoms with E-state index < -0.39 is 24.1 Å². The second-order valence-corrected chi connectivity index (χ2v) is 2.83. The van der Waals surface area contributed by atoms with Crippen LogP contribution in [0.1, 0.15) is 0 Å². The number of hydrogen-bond donors (Lipinski definition) is 1. The summed E-state index contributed by atoms with van der Waals surface area (Å²) in [5.41, 5.74) is -0.0509. The van der Waals surface area contributed by atoms with Gasteiger partial charge in [-0.15, -0.1) is 0 Å². The third kappa shape index (κ3) is 1.58. The highest BCUT2D eigenvalue weighted by atomic mass is 19.1. The number of aromatic nitrogens is 2. The number of carboxylic acids is 1. The third-order valence-corrected chi connectivity index (χ3v) is 1.79. The summed E-state index contributed by atoms with van der Waals surface area (Å²) in [4.78, 5) is 25.1. The lowest BCUT2D eigenvalue weighted by atomic mass is 10.4. The number of carboxylic acid groups (broad SMARTS) is 1. The van der Waals surface area contributed by atoms with E-state index in [-0.39, 0.29) is 11.2 Å². The van der Waals surface area contributed by atoms with E-state index in [0.29, 0.717) is 0 Å². The van der Waals surface area contributed by atoms with Crippen molar-refractivity contribution < 1.29 is 18.7 Å². The molecule has 2 rings (SSSR count). The molecular formula is C8H5FN2O4. The number of rotatable bonds is 2. The van der Waals surface area contributed by atoms with E-state index in [4.69, 9.17) is 5.11 Å². The molecule has 0 aromatic carbocycles. The molecule has 7 heteroatoms. The zero-order valence-electron chi connectivity index (χ0n) is 7.31. The SMILES string of the molecule is O=C(O)Cn1c(=O)oc2ncc(F)cc21. The van der Waals surface area contributed by atoms with E-state index in [1.807, 2.05) is 0 Å². The van der Waals surface area contributed by atoms with Crippen molar-refractivity contribution in [2.75, 3.05) is 0 Å². The quantitative estimate of drug-likeness (QED) is 0.769. The molecule has 0 saturated carbocycles. The molecule has 0 unspecified atom stereocenters. The van der Waals surface area contributed by atoms with Crippen LogP contribution in [-0.4, -0.2) is 20.6 Å². The predicted octanol–water partition coefficient (Wildman–Crippen LogP) is 0.213. The average molecular weight is 212 g/mol. The van der Waals surface area contributed by atoms with E-state index in [9.17, 15) is 14.0 Å². The molecule has 78 valence electrons. The van der Waals surface area contributed by atoms with E-state index in [0.717, 1.165) is 16.8 Å². The normalized spacial score (nSPS) is 10.7. The maximum atomic E-state index is 12.8. The molecule has 0 atom stereocenters. The molecule has 6 nitrogen and oxygen atoms in total. The Balaban J connectivity index is 2.70. The topological polar surface area (TPSA) is 85.3 Å². The molecule has 2 heterocycles. The first-order valence-electron chi connectivity index (χ1n) is 3.94. The molecule has 0 aliphatic carbocycles. The van der Waals surface area contributed by atoms with Crippen molar-refractivity contribution in [2.45, 2.75) is 6.54 Å². The van der Waals surface area contributed by atoms with Crippen LogP contribution in [0.15, 0.2) is 21.5 Å². The minimum Gasteiger partial charge on any atom is -0.480 e. The summed E-state index contributed by atoms with van der Waals surface area (Å²) in [5, 5.41) is 8.52. The Hall–Kier alpha value is -2.18. The van der Waals surface area contributed by atoms with Crippen LogP contribution < -0.4 is 5.76 Å².